The van der Waals surface area contributed by atoms with Crippen LogP contribution >= 0.6 is 11.3 Å². The SMILES string of the molecule is Cc1sc2ccn(Cc3ccc(-c4ccccc4)cc3)c2c1C(=O)N[C@H]1CC[C@H](C(=O)O)CC1. The van der Waals surface area contributed by atoms with Gasteiger partial charge in [0, 0.05) is 23.7 Å². The molecule has 4 aromatic rings. The lowest BCUT2D eigenvalue weighted by atomic mass is 9.86. The summed E-state index contributed by atoms with van der Waals surface area (Å²) in [5.41, 5.74) is 5.28. The van der Waals surface area contributed by atoms with Crippen LogP contribution in [-0.2, 0) is 11.3 Å². The van der Waals surface area contributed by atoms with Gasteiger partial charge in [-0.3, -0.25) is 9.59 Å². The molecule has 1 aliphatic rings. The summed E-state index contributed by atoms with van der Waals surface area (Å²) in [7, 11) is 0. The molecule has 0 spiro atoms. The van der Waals surface area contributed by atoms with E-state index in [4.69, 9.17) is 0 Å². The molecule has 0 unspecified atom stereocenters. The molecule has 2 heterocycles. The van der Waals surface area contributed by atoms with Gasteiger partial charge in [-0.15, -0.1) is 11.3 Å². The van der Waals surface area contributed by atoms with Crippen molar-refractivity contribution >= 4 is 33.4 Å². The van der Waals surface area contributed by atoms with E-state index in [1.165, 1.54) is 16.7 Å². The summed E-state index contributed by atoms with van der Waals surface area (Å²) in [5.74, 6) is -1.06. The standard InChI is InChI=1S/C28H28N2O3S/c1-18-25(27(31)29-23-13-11-22(12-14-23)28(32)33)26-24(34-18)15-16-30(26)17-19-7-9-21(10-8-19)20-5-3-2-4-6-20/h2-10,15-16,22-23H,11-14,17H2,1H3,(H,29,31)(H,32,33)/t22-,23-. The minimum Gasteiger partial charge on any atom is -0.481 e. The van der Waals surface area contributed by atoms with Gasteiger partial charge >= 0.3 is 5.97 Å². The van der Waals surface area contributed by atoms with Crippen molar-refractivity contribution in [1.82, 2.24) is 9.88 Å². The van der Waals surface area contributed by atoms with E-state index < -0.39 is 5.97 Å². The summed E-state index contributed by atoms with van der Waals surface area (Å²) >= 11 is 1.65. The molecule has 34 heavy (non-hydrogen) atoms. The molecular formula is C28H28N2O3S. The zero-order valence-corrected chi connectivity index (χ0v) is 20.0. The van der Waals surface area contributed by atoms with Gasteiger partial charge in [-0.2, -0.15) is 0 Å². The topological polar surface area (TPSA) is 71.3 Å². The van der Waals surface area contributed by atoms with Gasteiger partial charge in [0.2, 0.25) is 0 Å². The minimum atomic E-state index is -0.727. The maximum Gasteiger partial charge on any atom is 0.306 e. The monoisotopic (exact) mass is 472 g/mol. The molecule has 1 aliphatic carbocycles. The molecule has 1 saturated carbocycles. The van der Waals surface area contributed by atoms with Crippen molar-refractivity contribution < 1.29 is 14.7 Å². The van der Waals surface area contributed by atoms with Crippen LogP contribution in [0, 0.1) is 12.8 Å². The summed E-state index contributed by atoms with van der Waals surface area (Å²) in [4.78, 5) is 25.5. The Morgan fingerprint density at radius 3 is 2.32 bits per heavy atom. The fourth-order valence-corrected chi connectivity index (χ4v) is 6.02. The third-order valence-corrected chi connectivity index (χ3v) is 7.89. The fraction of sp³-hybridized carbons (Fsp3) is 0.286. The Balaban J connectivity index is 1.34. The predicted molar refractivity (Wildman–Crippen MR) is 136 cm³/mol. The highest BCUT2D eigenvalue weighted by Gasteiger charge is 2.28. The fourth-order valence-electron chi connectivity index (χ4n) is 4.96. The molecule has 2 aromatic heterocycles. The summed E-state index contributed by atoms with van der Waals surface area (Å²) in [6.07, 6.45) is 4.72. The number of carboxylic acid groups (broad SMARTS) is 1. The average Bonchev–Trinajstić information content (AvgIpc) is 3.38. The number of amides is 1. The molecule has 0 atom stereocenters. The molecule has 5 nitrogen and oxygen atoms in total. The van der Waals surface area contributed by atoms with Gasteiger partial charge in [0.25, 0.3) is 5.91 Å². The van der Waals surface area contributed by atoms with Crippen LogP contribution < -0.4 is 5.32 Å². The number of aliphatic carboxylic acids is 1. The van der Waals surface area contributed by atoms with E-state index in [9.17, 15) is 14.7 Å². The Labute approximate surface area is 203 Å². The Morgan fingerprint density at radius 1 is 0.971 bits per heavy atom. The van der Waals surface area contributed by atoms with E-state index in [1.807, 2.05) is 25.1 Å². The van der Waals surface area contributed by atoms with Gasteiger partial charge in [0.15, 0.2) is 0 Å². The number of thiophene rings is 1. The molecule has 5 rings (SSSR count). The second-order valence-electron chi connectivity index (χ2n) is 9.11. The second-order valence-corrected chi connectivity index (χ2v) is 10.4. The molecule has 1 amide bonds. The smallest absolute Gasteiger partial charge is 0.306 e. The number of carboxylic acids is 1. The number of aryl methyl sites for hydroxylation is 1. The summed E-state index contributed by atoms with van der Waals surface area (Å²) in [6.45, 7) is 2.69. The Hall–Kier alpha value is -3.38. The first-order valence-electron chi connectivity index (χ1n) is 11.8. The van der Waals surface area contributed by atoms with Crippen LogP contribution in [0.3, 0.4) is 0 Å². The van der Waals surface area contributed by atoms with Crippen LogP contribution in [0.1, 0.15) is 46.5 Å². The van der Waals surface area contributed by atoms with Crippen LogP contribution in [0.5, 0.6) is 0 Å². The Morgan fingerprint density at radius 2 is 1.65 bits per heavy atom. The highest BCUT2D eigenvalue weighted by molar-refractivity contribution is 7.19. The van der Waals surface area contributed by atoms with Gasteiger partial charge in [0.05, 0.1) is 21.7 Å². The summed E-state index contributed by atoms with van der Waals surface area (Å²) < 4.78 is 3.27. The zero-order chi connectivity index (χ0) is 23.7. The largest absolute Gasteiger partial charge is 0.481 e. The molecular weight excluding hydrogens is 444 g/mol. The second kappa shape index (κ2) is 9.47. The average molecular weight is 473 g/mol. The highest BCUT2D eigenvalue weighted by Crippen LogP contribution is 2.33. The Kier molecular flexibility index (Phi) is 6.24. The first-order valence-corrected chi connectivity index (χ1v) is 12.6. The number of carbonyl (C=O) groups is 2. The summed E-state index contributed by atoms with van der Waals surface area (Å²) in [6, 6.07) is 21.0. The molecule has 2 aromatic carbocycles. The molecule has 0 radical (unpaired) electrons. The van der Waals surface area contributed by atoms with Crippen molar-refractivity contribution in [3.8, 4) is 11.1 Å². The third-order valence-electron chi connectivity index (χ3n) is 6.83. The molecule has 0 saturated heterocycles. The number of rotatable bonds is 6. The maximum atomic E-state index is 13.3. The van der Waals surface area contributed by atoms with E-state index in [2.05, 4.69) is 58.5 Å². The van der Waals surface area contributed by atoms with Crippen LogP contribution in [0.15, 0.2) is 66.9 Å². The lowest BCUT2D eigenvalue weighted by molar-refractivity contribution is -0.142. The first kappa shape index (κ1) is 22.4. The van der Waals surface area contributed by atoms with Crippen LogP contribution in [-0.4, -0.2) is 27.6 Å². The molecule has 2 N–H and O–H groups in total. The maximum absolute atomic E-state index is 13.3. The number of carbonyl (C=O) groups excluding carboxylic acids is 1. The van der Waals surface area contributed by atoms with Gasteiger partial charge in [-0.1, -0.05) is 54.6 Å². The Bertz CT molecular complexity index is 1310. The number of nitrogens with one attached hydrogen (secondary N) is 1. The van der Waals surface area contributed by atoms with Gasteiger partial charge in [0.1, 0.15) is 0 Å². The minimum absolute atomic E-state index is 0.0337. The summed E-state index contributed by atoms with van der Waals surface area (Å²) in [5, 5.41) is 12.4. The van der Waals surface area contributed by atoms with Crippen LogP contribution in [0.4, 0.5) is 0 Å². The van der Waals surface area contributed by atoms with Gasteiger partial charge < -0.3 is 15.0 Å². The van der Waals surface area contributed by atoms with Crippen molar-refractivity contribution in [2.45, 2.75) is 45.2 Å². The molecule has 0 aliphatic heterocycles. The lowest BCUT2D eigenvalue weighted by Crippen LogP contribution is -2.39. The normalized spacial score (nSPS) is 18.1. The van der Waals surface area contributed by atoms with E-state index in [0.717, 1.165) is 20.7 Å². The number of aromatic nitrogens is 1. The first-order chi connectivity index (χ1) is 16.5. The number of benzene rings is 2. The van der Waals surface area contributed by atoms with Crippen molar-refractivity contribution in [3.05, 3.63) is 82.9 Å². The molecule has 6 heteroatoms. The molecule has 1 fully saturated rings. The molecule has 0 bridgehead atoms. The van der Waals surface area contributed by atoms with Crippen molar-refractivity contribution in [1.29, 1.82) is 0 Å². The van der Waals surface area contributed by atoms with Crippen LogP contribution in [0.2, 0.25) is 0 Å². The van der Waals surface area contributed by atoms with Crippen molar-refractivity contribution in [2.24, 2.45) is 5.92 Å². The van der Waals surface area contributed by atoms with Crippen molar-refractivity contribution in [2.75, 3.05) is 0 Å². The van der Waals surface area contributed by atoms with Crippen molar-refractivity contribution in [3.63, 3.8) is 0 Å². The number of nitrogens with zero attached hydrogens (tertiary/aromatic N) is 1. The number of fused-ring (bicyclic) bond motifs is 1. The van der Waals surface area contributed by atoms with Gasteiger partial charge in [-0.25, -0.2) is 0 Å². The van der Waals surface area contributed by atoms with E-state index in [1.54, 1.807) is 11.3 Å². The van der Waals surface area contributed by atoms with E-state index in [0.29, 0.717) is 32.2 Å². The zero-order valence-electron chi connectivity index (χ0n) is 19.2. The van der Waals surface area contributed by atoms with E-state index >= 15 is 0 Å². The predicted octanol–water partition coefficient (Wildman–Crippen LogP) is 6.10. The molecule has 174 valence electrons. The van der Waals surface area contributed by atoms with Crippen LogP contribution in [0.25, 0.3) is 21.3 Å². The van der Waals surface area contributed by atoms with E-state index in [-0.39, 0.29) is 17.9 Å². The number of hydrogen-bond acceptors (Lipinski definition) is 3. The third kappa shape index (κ3) is 4.50. The van der Waals surface area contributed by atoms with Gasteiger partial charge in [-0.05, 0) is 55.4 Å². The number of hydrogen-bond donors (Lipinski definition) is 2. The lowest BCUT2D eigenvalue weighted by Gasteiger charge is -2.26. The quantitative estimate of drug-likeness (QED) is 0.356. The highest BCUT2D eigenvalue weighted by atomic mass is 32.1.